The van der Waals surface area contributed by atoms with Crippen molar-refractivity contribution in [2.24, 2.45) is 0 Å². The Morgan fingerprint density at radius 1 is 1.10 bits per heavy atom. The first-order valence-electron chi connectivity index (χ1n) is 7.29. The molecule has 1 aromatic rings. The first-order chi connectivity index (χ1) is 9.75. The maximum Gasteiger partial charge on any atom is 0.264 e. The molecule has 0 bridgehead atoms. The Bertz CT molecular complexity index is 640. The minimum Gasteiger partial charge on any atom is -0.293 e. The number of rotatable bonds is 4. The van der Waals surface area contributed by atoms with Crippen molar-refractivity contribution in [2.45, 2.75) is 44.7 Å². The molecule has 4 nitrogen and oxygen atoms in total. The third kappa shape index (κ3) is 2.99. The van der Waals surface area contributed by atoms with Gasteiger partial charge in [0.05, 0.1) is 4.90 Å². The summed E-state index contributed by atoms with van der Waals surface area (Å²) in [6.07, 6.45) is 1.98. The van der Waals surface area contributed by atoms with Crippen LogP contribution in [0.2, 0.25) is 0 Å². The van der Waals surface area contributed by atoms with Gasteiger partial charge in [0, 0.05) is 31.4 Å². The fourth-order valence-corrected chi connectivity index (χ4v) is 4.09. The van der Waals surface area contributed by atoms with Crippen molar-refractivity contribution < 1.29 is 8.42 Å². The van der Waals surface area contributed by atoms with Crippen molar-refractivity contribution in [3.8, 4) is 0 Å². The molecule has 1 heterocycles. The second kappa shape index (κ2) is 5.81. The van der Waals surface area contributed by atoms with Gasteiger partial charge in [-0.25, -0.2) is 8.42 Å². The van der Waals surface area contributed by atoms with Gasteiger partial charge >= 0.3 is 0 Å². The lowest BCUT2D eigenvalue weighted by Crippen LogP contribution is -2.42. The van der Waals surface area contributed by atoms with Crippen LogP contribution >= 0.6 is 0 Å². The van der Waals surface area contributed by atoms with Crippen molar-refractivity contribution in [1.82, 2.24) is 9.21 Å². The molecule has 0 saturated carbocycles. The zero-order valence-electron chi connectivity index (χ0n) is 13.4. The summed E-state index contributed by atoms with van der Waals surface area (Å²) < 4.78 is 26.6. The van der Waals surface area contributed by atoms with Crippen LogP contribution in [-0.2, 0) is 10.0 Å². The summed E-state index contributed by atoms with van der Waals surface area (Å²) in [5, 5.41) is 0. The van der Waals surface area contributed by atoms with Gasteiger partial charge in [-0.05, 0) is 45.4 Å². The van der Waals surface area contributed by atoms with E-state index in [0.29, 0.717) is 23.5 Å². The summed E-state index contributed by atoms with van der Waals surface area (Å²) in [4.78, 5) is 2.67. The smallest absolute Gasteiger partial charge is 0.264 e. The molecule has 0 N–H and O–H groups in total. The van der Waals surface area contributed by atoms with Gasteiger partial charge in [-0.2, -0.15) is 0 Å². The molecule has 5 heteroatoms. The maximum absolute atomic E-state index is 12.6. The van der Waals surface area contributed by atoms with E-state index < -0.39 is 10.0 Å². The first-order valence-corrected chi connectivity index (χ1v) is 8.73. The van der Waals surface area contributed by atoms with Crippen LogP contribution in [0.1, 0.15) is 33.3 Å². The average Bonchev–Trinajstić information content (AvgIpc) is 2.40. The van der Waals surface area contributed by atoms with E-state index in [2.05, 4.69) is 32.6 Å². The SMILES string of the molecule is CC(C)N(CC1=Cc2ccccc2S(=O)(=O)N1C)C(C)C. The number of hydrogen-bond acceptors (Lipinski definition) is 3. The van der Waals surface area contributed by atoms with E-state index in [-0.39, 0.29) is 0 Å². The second-order valence-electron chi connectivity index (χ2n) is 6.01. The molecule has 0 radical (unpaired) electrons. The minimum atomic E-state index is -3.43. The molecule has 2 rings (SSSR count). The van der Waals surface area contributed by atoms with Crippen molar-refractivity contribution in [3.63, 3.8) is 0 Å². The van der Waals surface area contributed by atoms with Crippen LogP contribution in [0.4, 0.5) is 0 Å². The van der Waals surface area contributed by atoms with E-state index in [1.807, 2.05) is 18.2 Å². The predicted octanol–water partition coefficient (Wildman–Crippen LogP) is 2.78. The Morgan fingerprint density at radius 3 is 2.24 bits per heavy atom. The van der Waals surface area contributed by atoms with Crippen LogP contribution in [0, 0.1) is 0 Å². The summed E-state index contributed by atoms with van der Waals surface area (Å²) in [7, 11) is -1.79. The molecule has 1 aromatic carbocycles. The third-order valence-corrected chi connectivity index (χ3v) is 5.84. The fraction of sp³-hybridized carbons (Fsp3) is 0.500. The zero-order valence-corrected chi connectivity index (χ0v) is 14.2. The van der Waals surface area contributed by atoms with Crippen molar-refractivity contribution >= 4 is 16.1 Å². The molecular weight excluding hydrogens is 284 g/mol. The summed E-state index contributed by atoms with van der Waals surface area (Å²) >= 11 is 0. The van der Waals surface area contributed by atoms with Crippen LogP contribution in [-0.4, -0.2) is 43.3 Å². The Kier molecular flexibility index (Phi) is 4.44. The van der Waals surface area contributed by atoms with Gasteiger partial charge < -0.3 is 0 Å². The molecule has 0 aromatic heterocycles. The molecule has 0 spiro atoms. The number of likely N-dealkylation sites (N-methyl/N-ethyl adjacent to an activating group) is 1. The van der Waals surface area contributed by atoms with Gasteiger partial charge in [0.25, 0.3) is 10.0 Å². The highest BCUT2D eigenvalue weighted by molar-refractivity contribution is 7.89. The largest absolute Gasteiger partial charge is 0.293 e. The zero-order chi connectivity index (χ0) is 15.8. The Hall–Kier alpha value is -1.33. The van der Waals surface area contributed by atoms with Crippen molar-refractivity contribution in [3.05, 3.63) is 35.5 Å². The highest BCUT2D eigenvalue weighted by atomic mass is 32.2. The Balaban J connectivity index is 2.44. The lowest BCUT2D eigenvalue weighted by Gasteiger charge is -2.35. The number of sulfonamides is 1. The molecule has 0 fully saturated rings. The maximum atomic E-state index is 12.6. The van der Waals surface area contributed by atoms with Crippen molar-refractivity contribution in [2.75, 3.05) is 13.6 Å². The van der Waals surface area contributed by atoms with E-state index in [1.54, 1.807) is 19.2 Å². The van der Waals surface area contributed by atoms with Crippen LogP contribution in [0.3, 0.4) is 0 Å². The Morgan fingerprint density at radius 2 is 1.67 bits per heavy atom. The highest BCUT2D eigenvalue weighted by Crippen LogP contribution is 2.30. The molecule has 21 heavy (non-hydrogen) atoms. The lowest BCUT2D eigenvalue weighted by molar-refractivity contribution is 0.184. The number of nitrogens with zero attached hydrogens (tertiary/aromatic N) is 2. The molecule has 0 amide bonds. The standard InChI is InChI=1S/C16H24N2O2S/c1-12(2)18(13(3)4)11-15-10-14-8-6-7-9-16(14)21(19,20)17(15)5/h6-10,12-13H,11H2,1-5H3. The molecule has 0 aliphatic carbocycles. The molecule has 1 aliphatic rings. The normalized spacial score (nSPS) is 17.3. The molecule has 116 valence electrons. The van der Waals surface area contributed by atoms with Crippen LogP contribution in [0.25, 0.3) is 6.08 Å². The fourth-order valence-electron chi connectivity index (χ4n) is 2.70. The highest BCUT2D eigenvalue weighted by Gasteiger charge is 2.30. The second-order valence-corrected chi connectivity index (χ2v) is 7.94. The number of fused-ring (bicyclic) bond motifs is 1. The van der Waals surface area contributed by atoms with E-state index in [1.165, 1.54) is 4.31 Å². The molecule has 0 saturated heterocycles. The van der Waals surface area contributed by atoms with Crippen LogP contribution in [0.5, 0.6) is 0 Å². The van der Waals surface area contributed by atoms with Crippen molar-refractivity contribution in [1.29, 1.82) is 0 Å². The minimum absolute atomic E-state index is 0.360. The molecule has 1 aliphatic heterocycles. The van der Waals surface area contributed by atoms with Crippen LogP contribution in [0.15, 0.2) is 34.9 Å². The summed E-state index contributed by atoms with van der Waals surface area (Å²) in [5.74, 6) is 0. The van der Waals surface area contributed by atoms with E-state index in [0.717, 1.165) is 11.3 Å². The van der Waals surface area contributed by atoms with Gasteiger partial charge in [-0.15, -0.1) is 0 Å². The molecule has 0 unspecified atom stereocenters. The van der Waals surface area contributed by atoms with Crippen LogP contribution < -0.4 is 0 Å². The van der Waals surface area contributed by atoms with Gasteiger partial charge in [0.2, 0.25) is 0 Å². The molecule has 0 atom stereocenters. The molecular formula is C16H24N2O2S. The monoisotopic (exact) mass is 308 g/mol. The van der Waals surface area contributed by atoms with E-state index >= 15 is 0 Å². The summed E-state index contributed by atoms with van der Waals surface area (Å²) in [6, 6.07) is 7.87. The van der Waals surface area contributed by atoms with Gasteiger partial charge in [0.15, 0.2) is 0 Å². The predicted molar refractivity (Wildman–Crippen MR) is 86.3 cm³/mol. The topological polar surface area (TPSA) is 40.6 Å². The first kappa shape index (κ1) is 16.0. The Labute approximate surface area is 128 Å². The van der Waals surface area contributed by atoms with E-state index in [9.17, 15) is 8.42 Å². The van der Waals surface area contributed by atoms with E-state index in [4.69, 9.17) is 0 Å². The van der Waals surface area contributed by atoms with Gasteiger partial charge in [0.1, 0.15) is 0 Å². The number of benzene rings is 1. The number of hydrogen-bond donors (Lipinski definition) is 0. The summed E-state index contributed by atoms with van der Waals surface area (Å²) in [6.45, 7) is 9.15. The average molecular weight is 308 g/mol. The quantitative estimate of drug-likeness (QED) is 0.859. The third-order valence-electron chi connectivity index (χ3n) is 3.96. The van der Waals surface area contributed by atoms with Gasteiger partial charge in [-0.1, -0.05) is 18.2 Å². The van der Waals surface area contributed by atoms with Gasteiger partial charge in [-0.3, -0.25) is 9.21 Å². The lowest BCUT2D eigenvalue weighted by atomic mass is 10.1. The summed E-state index contributed by atoms with van der Waals surface area (Å²) in [5.41, 5.74) is 1.59.